The zero-order valence-corrected chi connectivity index (χ0v) is 11.5. The van der Waals surface area contributed by atoms with Crippen molar-refractivity contribution < 1.29 is 19.1 Å². The number of halogens is 1. The molecular weight excluding hydrogens is 273 g/mol. The minimum Gasteiger partial charge on any atom is -0.489 e. The largest absolute Gasteiger partial charge is 0.489 e. The summed E-state index contributed by atoms with van der Waals surface area (Å²) in [6, 6.07) is 9.91. The smallest absolute Gasteiger partial charge is 0.134 e. The molecule has 0 saturated carbocycles. The second-order valence-electron chi connectivity index (χ2n) is 4.85. The van der Waals surface area contributed by atoms with Crippen LogP contribution in [0.1, 0.15) is 16.7 Å². The number of nitrogens with zero attached hydrogens (tertiary/aromatic N) is 1. The second kappa shape index (κ2) is 5.44. The molecule has 4 nitrogen and oxygen atoms in total. The van der Waals surface area contributed by atoms with Crippen LogP contribution >= 0.6 is 0 Å². The highest BCUT2D eigenvalue weighted by atomic mass is 19.1. The Hall–Kier alpha value is -2.56. The van der Waals surface area contributed by atoms with Gasteiger partial charge in [0.1, 0.15) is 36.2 Å². The highest BCUT2D eigenvalue weighted by Gasteiger charge is 2.20. The van der Waals surface area contributed by atoms with Gasteiger partial charge in [-0.3, -0.25) is 0 Å². The van der Waals surface area contributed by atoms with E-state index < -0.39 is 0 Å². The standard InChI is InChI=1S/C16H14FNO3/c1-10-2-3-12(17)6-11(10)8-20-13-4-5-14-15(18-19)9-21-16(14)7-13/h2-7,19H,8-9H2,1H3/b18-15+. The van der Waals surface area contributed by atoms with Gasteiger partial charge in [-0.2, -0.15) is 0 Å². The molecule has 0 aliphatic carbocycles. The van der Waals surface area contributed by atoms with Gasteiger partial charge >= 0.3 is 0 Å². The summed E-state index contributed by atoms with van der Waals surface area (Å²) in [5, 5.41) is 12.0. The third kappa shape index (κ3) is 2.67. The van der Waals surface area contributed by atoms with Gasteiger partial charge in [0.15, 0.2) is 0 Å². The third-order valence-electron chi connectivity index (χ3n) is 3.45. The van der Waals surface area contributed by atoms with Gasteiger partial charge in [-0.05, 0) is 42.3 Å². The Bertz CT molecular complexity index is 713. The molecule has 5 heteroatoms. The maximum absolute atomic E-state index is 13.2. The molecule has 108 valence electrons. The number of aryl methyl sites for hydroxylation is 1. The van der Waals surface area contributed by atoms with E-state index in [9.17, 15) is 4.39 Å². The lowest BCUT2D eigenvalue weighted by Gasteiger charge is -2.09. The van der Waals surface area contributed by atoms with E-state index in [0.29, 0.717) is 17.2 Å². The van der Waals surface area contributed by atoms with Crippen LogP contribution in [-0.2, 0) is 6.61 Å². The summed E-state index contributed by atoms with van der Waals surface area (Å²) in [5.41, 5.74) is 3.03. The van der Waals surface area contributed by atoms with Crippen molar-refractivity contribution in [2.24, 2.45) is 5.16 Å². The molecule has 2 aromatic rings. The van der Waals surface area contributed by atoms with E-state index in [1.165, 1.54) is 12.1 Å². The first-order chi connectivity index (χ1) is 10.2. The number of benzene rings is 2. The molecule has 0 saturated heterocycles. The van der Waals surface area contributed by atoms with Crippen LogP contribution in [0.2, 0.25) is 0 Å². The van der Waals surface area contributed by atoms with Crippen LogP contribution in [0, 0.1) is 12.7 Å². The summed E-state index contributed by atoms with van der Waals surface area (Å²) in [4.78, 5) is 0. The zero-order chi connectivity index (χ0) is 14.8. The molecule has 0 atom stereocenters. The number of hydrogen-bond acceptors (Lipinski definition) is 4. The number of rotatable bonds is 3. The number of oxime groups is 1. The SMILES string of the molecule is Cc1ccc(F)cc1COc1ccc2c(c1)OC/C2=N\O. The maximum atomic E-state index is 13.2. The molecule has 1 aliphatic rings. The van der Waals surface area contributed by atoms with E-state index in [1.54, 1.807) is 24.3 Å². The predicted octanol–water partition coefficient (Wildman–Crippen LogP) is 3.28. The minimum absolute atomic E-state index is 0.248. The van der Waals surface area contributed by atoms with Crippen LogP contribution in [0.4, 0.5) is 4.39 Å². The second-order valence-corrected chi connectivity index (χ2v) is 4.85. The first kappa shape index (κ1) is 13.4. The molecule has 1 heterocycles. The number of fused-ring (bicyclic) bond motifs is 1. The average molecular weight is 287 g/mol. The monoisotopic (exact) mass is 287 g/mol. The Morgan fingerprint density at radius 1 is 1.29 bits per heavy atom. The fourth-order valence-corrected chi connectivity index (χ4v) is 2.21. The van der Waals surface area contributed by atoms with Crippen molar-refractivity contribution in [3.05, 3.63) is 58.9 Å². The molecule has 3 rings (SSSR count). The van der Waals surface area contributed by atoms with Gasteiger partial charge in [-0.25, -0.2) is 4.39 Å². The summed E-state index contributed by atoms with van der Waals surface area (Å²) in [5.74, 6) is 0.966. The van der Waals surface area contributed by atoms with Crippen molar-refractivity contribution in [2.75, 3.05) is 6.61 Å². The first-order valence-electron chi connectivity index (χ1n) is 6.53. The van der Waals surface area contributed by atoms with Gasteiger partial charge in [0.25, 0.3) is 0 Å². The molecule has 0 aromatic heterocycles. The molecular formula is C16H14FNO3. The molecule has 0 bridgehead atoms. The molecule has 0 spiro atoms. The van der Waals surface area contributed by atoms with Gasteiger partial charge in [0, 0.05) is 11.6 Å². The first-order valence-corrected chi connectivity index (χ1v) is 6.53. The van der Waals surface area contributed by atoms with Gasteiger partial charge in [0.05, 0.1) is 0 Å². The quantitative estimate of drug-likeness (QED) is 0.696. The van der Waals surface area contributed by atoms with Gasteiger partial charge < -0.3 is 14.7 Å². The lowest BCUT2D eigenvalue weighted by molar-refractivity contribution is 0.301. The molecule has 21 heavy (non-hydrogen) atoms. The maximum Gasteiger partial charge on any atom is 0.134 e. The Labute approximate surface area is 121 Å². The van der Waals surface area contributed by atoms with Crippen LogP contribution in [0.3, 0.4) is 0 Å². The lowest BCUT2D eigenvalue weighted by Crippen LogP contribution is -2.01. The van der Waals surface area contributed by atoms with Crippen LogP contribution in [0.15, 0.2) is 41.6 Å². The molecule has 0 amide bonds. The van der Waals surface area contributed by atoms with Crippen molar-refractivity contribution in [3.63, 3.8) is 0 Å². The minimum atomic E-state index is -0.278. The Morgan fingerprint density at radius 3 is 2.95 bits per heavy atom. The van der Waals surface area contributed by atoms with Crippen LogP contribution in [0.25, 0.3) is 0 Å². The van der Waals surface area contributed by atoms with Crippen molar-refractivity contribution in [1.82, 2.24) is 0 Å². The molecule has 2 aromatic carbocycles. The van der Waals surface area contributed by atoms with Crippen LogP contribution < -0.4 is 9.47 Å². The molecule has 0 radical (unpaired) electrons. The van der Waals surface area contributed by atoms with Crippen molar-refractivity contribution in [2.45, 2.75) is 13.5 Å². The number of ether oxygens (including phenoxy) is 2. The van der Waals surface area contributed by atoms with Gasteiger partial charge in [-0.1, -0.05) is 11.2 Å². The van der Waals surface area contributed by atoms with Crippen molar-refractivity contribution in [3.8, 4) is 11.5 Å². The van der Waals surface area contributed by atoms with E-state index >= 15 is 0 Å². The third-order valence-corrected chi connectivity index (χ3v) is 3.45. The fourth-order valence-electron chi connectivity index (χ4n) is 2.21. The van der Waals surface area contributed by atoms with E-state index in [4.69, 9.17) is 14.7 Å². The zero-order valence-electron chi connectivity index (χ0n) is 11.5. The van der Waals surface area contributed by atoms with Gasteiger partial charge in [-0.15, -0.1) is 0 Å². The van der Waals surface area contributed by atoms with E-state index in [2.05, 4.69) is 5.16 Å². The normalized spacial score (nSPS) is 14.9. The summed E-state index contributed by atoms with van der Waals surface area (Å²) >= 11 is 0. The van der Waals surface area contributed by atoms with Gasteiger partial charge in [0.2, 0.25) is 0 Å². The van der Waals surface area contributed by atoms with E-state index in [-0.39, 0.29) is 19.0 Å². The number of hydrogen-bond donors (Lipinski definition) is 1. The summed E-state index contributed by atoms with van der Waals surface area (Å²) < 4.78 is 24.3. The van der Waals surface area contributed by atoms with E-state index in [0.717, 1.165) is 16.7 Å². The summed E-state index contributed by atoms with van der Waals surface area (Å²) in [6.07, 6.45) is 0. The Morgan fingerprint density at radius 2 is 2.14 bits per heavy atom. The van der Waals surface area contributed by atoms with Crippen molar-refractivity contribution >= 4 is 5.71 Å². The lowest BCUT2D eigenvalue weighted by atomic mass is 10.1. The van der Waals surface area contributed by atoms with Crippen molar-refractivity contribution in [1.29, 1.82) is 0 Å². The topological polar surface area (TPSA) is 51.0 Å². The fraction of sp³-hybridized carbons (Fsp3) is 0.188. The molecule has 1 N–H and O–H groups in total. The average Bonchev–Trinajstić information content (AvgIpc) is 2.90. The highest BCUT2D eigenvalue weighted by Crippen LogP contribution is 2.30. The van der Waals surface area contributed by atoms with Crippen LogP contribution in [0.5, 0.6) is 11.5 Å². The van der Waals surface area contributed by atoms with E-state index in [1.807, 2.05) is 6.92 Å². The summed E-state index contributed by atoms with van der Waals surface area (Å²) in [7, 11) is 0. The summed E-state index contributed by atoms with van der Waals surface area (Å²) in [6.45, 7) is 2.44. The highest BCUT2D eigenvalue weighted by molar-refractivity contribution is 6.06. The Kier molecular flexibility index (Phi) is 3.48. The molecule has 0 fully saturated rings. The van der Waals surface area contributed by atoms with Crippen LogP contribution in [-0.4, -0.2) is 17.5 Å². The molecule has 1 aliphatic heterocycles. The molecule has 0 unspecified atom stereocenters. The Balaban J connectivity index is 1.76. The predicted molar refractivity (Wildman–Crippen MR) is 75.7 cm³/mol.